The Morgan fingerprint density at radius 3 is 2.43 bits per heavy atom. The molecule has 2 fully saturated rings. The van der Waals surface area contributed by atoms with Crippen LogP contribution < -0.4 is 5.32 Å². The third-order valence-electron chi connectivity index (χ3n) is 5.55. The summed E-state index contributed by atoms with van der Waals surface area (Å²) >= 11 is 6.29. The van der Waals surface area contributed by atoms with Gasteiger partial charge >= 0.3 is 6.18 Å². The van der Waals surface area contributed by atoms with Crippen LogP contribution in [0.3, 0.4) is 0 Å². The van der Waals surface area contributed by atoms with Gasteiger partial charge in [0.2, 0.25) is 0 Å². The first-order valence-corrected chi connectivity index (χ1v) is 9.55. The fourth-order valence-electron chi connectivity index (χ4n) is 3.85. The van der Waals surface area contributed by atoms with Crippen molar-refractivity contribution < 1.29 is 18.0 Å². The molecule has 0 radical (unpaired) electrons. The Morgan fingerprint density at radius 2 is 1.82 bits per heavy atom. The Morgan fingerprint density at radius 1 is 1.14 bits per heavy atom. The van der Waals surface area contributed by atoms with E-state index in [1.165, 1.54) is 12.1 Å². The summed E-state index contributed by atoms with van der Waals surface area (Å²) in [6.45, 7) is 3.99. The second-order valence-corrected chi connectivity index (χ2v) is 7.83. The molecule has 0 bridgehead atoms. The number of nitrogens with one attached hydrogen (secondary N) is 1. The minimum atomic E-state index is -4.34. The number of fused-ring (bicyclic) bond motifs is 1. The number of aryl methyl sites for hydroxylation is 1. The Hall–Kier alpha value is -2.05. The predicted octanol–water partition coefficient (Wildman–Crippen LogP) is 5.05. The maximum absolute atomic E-state index is 12.7. The minimum Gasteiger partial charge on any atom is -0.391 e. The molecule has 2 aromatic carbocycles. The summed E-state index contributed by atoms with van der Waals surface area (Å²) in [5.41, 5.74) is 2.75. The van der Waals surface area contributed by atoms with Gasteiger partial charge in [-0.3, -0.25) is 0 Å². The van der Waals surface area contributed by atoms with Gasteiger partial charge in [0.15, 0.2) is 0 Å². The number of rotatable bonds is 5. The maximum Gasteiger partial charge on any atom is 0.416 e. The maximum atomic E-state index is 12.7. The molecule has 4 rings (SSSR count). The lowest BCUT2D eigenvalue weighted by Gasteiger charge is -2.11. The van der Waals surface area contributed by atoms with Crippen molar-refractivity contribution >= 4 is 17.3 Å². The molecular formula is C21H20ClF3N2O. The van der Waals surface area contributed by atoms with Gasteiger partial charge in [-0.15, -0.1) is 0 Å². The largest absolute Gasteiger partial charge is 0.416 e. The first kappa shape index (κ1) is 19.3. The Bertz CT molecular complexity index is 886. The third-order valence-corrected chi connectivity index (χ3v) is 5.96. The van der Waals surface area contributed by atoms with E-state index in [1.54, 1.807) is 0 Å². The number of benzene rings is 2. The van der Waals surface area contributed by atoms with Crippen LogP contribution in [0.25, 0.3) is 0 Å². The first-order chi connectivity index (χ1) is 13.3. The molecule has 2 aliphatic rings. The molecule has 7 heteroatoms. The van der Waals surface area contributed by atoms with Crippen molar-refractivity contribution in [1.29, 1.82) is 0 Å². The van der Waals surface area contributed by atoms with Gasteiger partial charge in [-0.1, -0.05) is 41.0 Å². The molecule has 1 N–H and O–H groups in total. The van der Waals surface area contributed by atoms with Gasteiger partial charge < -0.3 is 10.2 Å². The molecule has 148 valence electrons. The zero-order valence-electron chi connectivity index (χ0n) is 15.3. The van der Waals surface area contributed by atoms with Crippen LogP contribution >= 0.6 is 11.6 Å². The van der Waals surface area contributed by atoms with Gasteiger partial charge in [0.05, 0.1) is 11.3 Å². The van der Waals surface area contributed by atoms with Crippen molar-refractivity contribution in [2.24, 2.45) is 22.9 Å². The average Bonchev–Trinajstić information content (AvgIpc) is 3.10. The van der Waals surface area contributed by atoms with E-state index in [9.17, 15) is 13.2 Å². The van der Waals surface area contributed by atoms with Crippen LogP contribution in [0.15, 0.2) is 47.6 Å². The lowest BCUT2D eigenvalue weighted by Crippen LogP contribution is -2.20. The predicted molar refractivity (Wildman–Crippen MR) is 102 cm³/mol. The summed E-state index contributed by atoms with van der Waals surface area (Å²) in [5.74, 6) is 1.43. The number of nitrogens with zero attached hydrogens (tertiary/aromatic N) is 1. The van der Waals surface area contributed by atoms with Crippen LogP contribution in [-0.4, -0.2) is 18.8 Å². The molecule has 2 aromatic rings. The highest BCUT2D eigenvalue weighted by Gasteiger charge is 2.55. The number of alkyl halides is 3. The van der Waals surface area contributed by atoms with E-state index in [4.69, 9.17) is 16.4 Å². The van der Waals surface area contributed by atoms with Crippen molar-refractivity contribution in [2.75, 3.05) is 13.1 Å². The van der Waals surface area contributed by atoms with Crippen LogP contribution in [0.2, 0.25) is 5.02 Å². The number of hydrogen-bond acceptors (Lipinski definition) is 3. The van der Waals surface area contributed by atoms with Crippen molar-refractivity contribution in [3.63, 3.8) is 0 Å². The Labute approximate surface area is 166 Å². The quantitative estimate of drug-likeness (QED) is 0.554. The Kier molecular flexibility index (Phi) is 5.10. The monoisotopic (exact) mass is 408 g/mol. The summed E-state index contributed by atoms with van der Waals surface area (Å²) in [5, 5.41) is 8.43. The second kappa shape index (κ2) is 7.41. The molecule has 0 amide bonds. The zero-order chi connectivity index (χ0) is 19.9. The molecule has 1 aliphatic carbocycles. The first-order valence-electron chi connectivity index (χ1n) is 9.18. The second-order valence-electron chi connectivity index (χ2n) is 7.42. The van der Waals surface area contributed by atoms with Crippen LogP contribution in [0, 0.1) is 24.7 Å². The van der Waals surface area contributed by atoms with Gasteiger partial charge in [0, 0.05) is 16.5 Å². The smallest absolute Gasteiger partial charge is 0.391 e. The van der Waals surface area contributed by atoms with Gasteiger partial charge in [0.25, 0.3) is 0 Å². The molecular weight excluding hydrogens is 389 g/mol. The third kappa shape index (κ3) is 3.89. The molecule has 2 atom stereocenters. The number of oxime groups is 1. The fourth-order valence-corrected chi connectivity index (χ4v) is 4.03. The summed E-state index contributed by atoms with van der Waals surface area (Å²) in [7, 11) is 0. The molecule has 1 heterocycles. The van der Waals surface area contributed by atoms with E-state index in [1.807, 2.05) is 25.1 Å². The molecule has 0 spiro atoms. The van der Waals surface area contributed by atoms with Crippen LogP contribution in [0.1, 0.15) is 22.3 Å². The van der Waals surface area contributed by atoms with Gasteiger partial charge in [-0.05, 0) is 61.2 Å². The number of piperidine rings is 1. The molecule has 1 aliphatic heterocycles. The lowest BCUT2D eigenvalue weighted by atomic mass is 10.0. The van der Waals surface area contributed by atoms with Crippen LogP contribution in [-0.2, 0) is 17.6 Å². The topological polar surface area (TPSA) is 33.6 Å². The molecule has 28 heavy (non-hydrogen) atoms. The van der Waals surface area contributed by atoms with E-state index in [2.05, 4.69) is 10.5 Å². The molecule has 0 aromatic heterocycles. The highest BCUT2D eigenvalue weighted by Crippen LogP contribution is 2.50. The van der Waals surface area contributed by atoms with E-state index in [0.29, 0.717) is 28.3 Å². The van der Waals surface area contributed by atoms with E-state index in [-0.39, 0.29) is 6.61 Å². The van der Waals surface area contributed by atoms with Crippen molar-refractivity contribution in [2.45, 2.75) is 19.7 Å². The summed E-state index contributed by atoms with van der Waals surface area (Å²) in [6.07, 6.45) is -4.34. The summed E-state index contributed by atoms with van der Waals surface area (Å²) < 4.78 is 38.0. The number of halogens is 4. The fraction of sp³-hybridized carbons (Fsp3) is 0.381. The molecule has 2 unspecified atom stereocenters. The van der Waals surface area contributed by atoms with Crippen LogP contribution in [0.4, 0.5) is 13.2 Å². The lowest BCUT2D eigenvalue weighted by molar-refractivity contribution is -0.137. The summed E-state index contributed by atoms with van der Waals surface area (Å²) in [6, 6.07) is 10.8. The van der Waals surface area contributed by atoms with E-state index in [0.717, 1.165) is 42.1 Å². The SMILES string of the molecule is Cc1ccc(C(=NOCc2ccc(C(F)(F)F)cc2)C2C3CNCC32)cc1Cl. The highest BCUT2D eigenvalue weighted by atomic mass is 35.5. The average molecular weight is 409 g/mol. The minimum absolute atomic E-state index is 0.113. The van der Waals surface area contributed by atoms with Gasteiger partial charge in [-0.2, -0.15) is 13.2 Å². The molecule has 3 nitrogen and oxygen atoms in total. The van der Waals surface area contributed by atoms with Crippen molar-refractivity contribution in [3.05, 3.63) is 69.7 Å². The summed E-state index contributed by atoms with van der Waals surface area (Å²) in [4.78, 5) is 5.54. The highest BCUT2D eigenvalue weighted by molar-refractivity contribution is 6.31. The van der Waals surface area contributed by atoms with Gasteiger partial charge in [-0.25, -0.2) is 0 Å². The zero-order valence-corrected chi connectivity index (χ0v) is 16.0. The van der Waals surface area contributed by atoms with Gasteiger partial charge in [0.1, 0.15) is 6.61 Å². The molecule has 1 saturated heterocycles. The van der Waals surface area contributed by atoms with E-state index < -0.39 is 11.7 Å². The standard InChI is InChI=1S/C21H20ClF3N2O/c1-12-2-5-14(8-18(12)22)20(19-16-9-26-10-17(16)19)27-28-11-13-3-6-15(7-4-13)21(23,24)25/h2-8,16-17,19,26H,9-11H2,1H3. The van der Waals surface area contributed by atoms with Crippen molar-refractivity contribution in [1.82, 2.24) is 5.32 Å². The van der Waals surface area contributed by atoms with E-state index >= 15 is 0 Å². The normalized spacial score (nSPS) is 24.2. The number of hydrogen-bond donors (Lipinski definition) is 1. The molecule has 1 saturated carbocycles. The van der Waals surface area contributed by atoms with Crippen LogP contribution in [0.5, 0.6) is 0 Å². The Balaban J connectivity index is 1.50. The van der Waals surface area contributed by atoms with Crippen molar-refractivity contribution in [3.8, 4) is 0 Å².